The van der Waals surface area contributed by atoms with E-state index in [0.29, 0.717) is 13.1 Å². The number of hydrogen-bond donors (Lipinski definition) is 1. The highest BCUT2D eigenvalue weighted by Crippen LogP contribution is 2.34. The summed E-state index contributed by atoms with van der Waals surface area (Å²) < 4.78 is 19.5. The van der Waals surface area contributed by atoms with Crippen molar-refractivity contribution in [2.24, 2.45) is 0 Å². The Morgan fingerprint density at radius 3 is 2.79 bits per heavy atom. The van der Waals surface area contributed by atoms with Gasteiger partial charge in [-0.1, -0.05) is 12.1 Å². The standard InChI is InChI=1S/C22H20FN3O3/c1-29-13-6-7-17-15(10-13)14-8-9-25(12-18(14)24-17)20-11-21(27)26(22(20)28)19-5-3-2-4-16(19)23/h2-7,10,20,24H,8-9,11-12H2,1H3/t20-/m0/s1. The van der Waals surface area contributed by atoms with Gasteiger partial charge < -0.3 is 9.72 Å². The molecule has 5 rings (SSSR count). The number of carbonyl (C=O) groups excluding carboxylic acids is 2. The Labute approximate surface area is 166 Å². The van der Waals surface area contributed by atoms with Gasteiger partial charge in [0.2, 0.25) is 5.91 Å². The van der Waals surface area contributed by atoms with Crippen molar-refractivity contribution in [3.05, 3.63) is 59.5 Å². The summed E-state index contributed by atoms with van der Waals surface area (Å²) in [7, 11) is 1.64. The van der Waals surface area contributed by atoms with Gasteiger partial charge in [-0.15, -0.1) is 0 Å². The number of ether oxygens (including phenoxy) is 1. The fraction of sp³-hybridized carbons (Fsp3) is 0.273. The van der Waals surface area contributed by atoms with Crippen LogP contribution in [0.5, 0.6) is 5.75 Å². The fourth-order valence-electron chi connectivity index (χ4n) is 4.42. The molecule has 1 N–H and O–H groups in total. The van der Waals surface area contributed by atoms with Crippen molar-refractivity contribution in [2.45, 2.75) is 25.4 Å². The summed E-state index contributed by atoms with van der Waals surface area (Å²) >= 11 is 0. The van der Waals surface area contributed by atoms with Crippen molar-refractivity contribution in [3.63, 3.8) is 0 Å². The summed E-state index contributed by atoms with van der Waals surface area (Å²) in [5.74, 6) is -0.488. The molecule has 0 aliphatic carbocycles. The number of nitrogens with one attached hydrogen (secondary N) is 1. The maximum Gasteiger partial charge on any atom is 0.251 e. The number of fused-ring (bicyclic) bond motifs is 3. The minimum Gasteiger partial charge on any atom is -0.497 e. The molecular weight excluding hydrogens is 373 g/mol. The number of hydrogen-bond acceptors (Lipinski definition) is 4. The maximum atomic E-state index is 14.2. The minimum absolute atomic E-state index is 0.0282. The highest BCUT2D eigenvalue weighted by molar-refractivity contribution is 6.22. The van der Waals surface area contributed by atoms with E-state index in [1.807, 2.05) is 23.1 Å². The van der Waals surface area contributed by atoms with Crippen LogP contribution in [0, 0.1) is 5.82 Å². The number of para-hydroxylation sites is 1. The third kappa shape index (κ3) is 2.81. The number of aromatic nitrogens is 1. The number of methoxy groups -OCH3 is 1. The zero-order chi connectivity index (χ0) is 20.1. The van der Waals surface area contributed by atoms with E-state index >= 15 is 0 Å². The number of benzene rings is 2. The van der Waals surface area contributed by atoms with Crippen LogP contribution in [0.2, 0.25) is 0 Å². The molecule has 2 aromatic carbocycles. The number of halogens is 1. The summed E-state index contributed by atoms with van der Waals surface area (Å²) in [4.78, 5) is 32.0. The van der Waals surface area contributed by atoms with Crippen LogP contribution in [-0.2, 0) is 22.6 Å². The highest BCUT2D eigenvalue weighted by atomic mass is 19.1. The molecule has 29 heavy (non-hydrogen) atoms. The Bertz CT molecular complexity index is 1140. The second kappa shape index (κ2) is 6.70. The van der Waals surface area contributed by atoms with Crippen molar-refractivity contribution >= 4 is 28.4 Å². The van der Waals surface area contributed by atoms with E-state index in [-0.39, 0.29) is 23.9 Å². The Morgan fingerprint density at radius 2 is 2.00 bits per heavy atom. The SMILES string of the molecule is COc1ccc2[nH]c3c(c2c1)CCN([C@H]1CC(=O)N(c2ccccc2F)C1=O)C3. The molecule has 6 nitrogen and oxygen atoms in total. The van der Waals surface area contributed by atoms with Crippen LogP contribution in [0.4, 0.5) is 10.1 Å². The summed E-state index contributed by atoms with van der Waals surface area (Å²) in [5.41, 5.74) is 3.32. The Balaban J connectivity index is 1.43. The minimum atomic E-state index is -0.573. The molecule has 0 saturated carbocycles. The van der Waals surface area contributed by atoms with Gasteiger partial charge in [-0.2, -0.15) is 0 Å². The summed E-state index contributed by atoms with van der Waals surface area (Å²) in [6.45, 7) is 1.20. The van der Waals surface area contributed by atoms with Crippen LogP contribution < -0.4 is 9.64 Å². The Hall–Kier alpha value is -3.19. The number of anilines is 1. The quantitative estimate of drug-likeness (QED) is 0.695. The number of carbonyl (C=O) groups is 2. The molecule has 148 valence electrons. The van der Waals surface area contributed by atoms with Gasteiger partial charge in [0, 0.05) is 29.7 Å². The lowest BCUT2D eigenvalue weighted by Crippen LogP contribution is -2.44. The van der Waals surface area contributed by atoms with Crippen LogP contribution in [0.25, 0.3) is 10.9 Å². The van der Waals surface area contributed by atoms with Gasteiger partial charge in [0.15, 0.2) is 0 Å². The van der Waals surface area contributed by atoms with E-state index in [4.69, 9.17) is 4.74 Å². The fourth-order valence-corrected chi connectivity index (χ4v) is 4.42. The number of H-pyrrole nitrogens is 1. The highest BCUT2D eigenvalue weighted by Gasteiger charge is 2.44. The first-order valence-corrected chi connectivity index (χ1v) is 9.59. The van der Waals surface area contributed by atoms with Crippen LogP contribution >= 0.6 is 0 Å². The lowest BCUT2D eigenvalue weighted by molar-refractivity contribution is -0.123. The van der Waals surface area contributed by atoms with Gasteiger partial charge in [0.25, 0.3) is 5.91 Å². The van der Waals surface area contributed by atoms with Crippen molar-refractivity contribution in [3.8, 4) is 5.75 Å². The molecule has 3 heterocycles. The second-order valence-corrected chi connectivity index (χ2v) is 7.45. The normalized spacial score (nSPS) is 19.8. The first-order valence-electron chi connectivity index (χ1n) is 9.59. The molecule has 0 bridgehead atoms. The molecule has 1 saturated heterocycles. The van der Waals surface area contributed by atoms with Gasteiger partial charge in [-0.05, 0) is 42.3 Å². The predicted octanol–water partition coefficient (Wildman–Crippen LogP) is 3.01. The van der Waals surface area contributed by atoms with Crippen LogP contribution in [0.1, 0.15) is 17.7 Å². The summed E-state index contributed by atoms with van der Waals surface area (Å²) in [6, 6.07) is 11.2. The molecule has 0 radical (unpaired) electrons. The third-order valence-electron chi connectivity index (χ3n) is 5.87. The van der Waals surface area contributed by atoms with Crippen LogP contribution in [0.3, 0.4) is 0 Å². The monoisotopic (exact) mass is 393 g/mol. The third-order valence-corrected chi connectivity index (χ3v) is 5.87. The van der Waals surface area contributed by atoms with Gasteiger partial charge in [-0.3, -0.25) is 14.5 Å². The topological polar surface area (TPSA) is 65.6 Å². The van der Waals surface area contributed by atoms with Gasteiger partial charge in [0.1, 0.15) is 11.6 Å². The van der Waals surface area contributed by atoms with Crippen LogP contribution in [0.15, 0.2) is 42.5 Å². The van der Waals surface area contributed by atoms with Crippen molar-refractivity contribution in [2.75, 3.05) is 18.6 Å². The van der Waals surface area contributed by atoms with Gasteiger partial charge in [0.05, 0.1) is 25.3 Å². The molecule has 0 unspecified atom stereocenters. The van der Waals surface area contributed by atoms with E-state index in [1.165, 1.54) is 17.7 Å². The second-order valence-electron chi connectivity index (χ2n) is 7.45. The molecule has 3 aromatic rings. The number of nitrogens with zero attached hydrogens (tertiary/aromatic N) is 2. The maximum absolute atomic E-state index is 14.2. The number of amides is 2. The molecule has 0 spiro atoms. The van der Waals surface area contributed by atoms with E-state index in [0.717, 1.165) is 33.7 Å². The van der Waals surface area contributed by atoms with Crippen LogP contribution in [-0.4, -0.2) is 41.4 Å². The predicted molar refractivity (Wildman–Crippen MR) is 106 cm³/mol. The lowest BCUT2D eigenvalue weighted by atomic mass is 10.0. The average Bonchev–Trinajstić information content (AvgIpc) is 3.24. The summed E-state index contributed by atoms with van der Waals surface area (Å²) in [5, 5.41) is 1.13. The first kappa shape index (κ1) is 17.9. The van der Waals surface area contributed by atoms with Gasteiger partial charge >= 0.3 is 0 Å². The van der Waals surface area contributed by atoms with Gasteiger partial charge in [-0.25, -0.2) is 9.29 Å². The number of rotatable bonds is 3. The molecule has 2 aliphatic rings. The number of imide groups is 1. The molecule has 7 heteroatoms. The molecule has 2 aliphatic heterocycles. The molecule has 1 atom stereocenters. The zero-order valence-corrected chi connectivity index (χ0v) is 15.9. The smallest absolute Gasteiger partial charge is 0.251 e. The molecular formula is C22H20FN3O3. The van der Waals surface area contributed by atoms with Crippen molar-refractivity contribution < 1.29 is 18.7 Å². The van der Waals surface area contributed by atoms with Crippen molar-refractivity contribution in [1.29, 1.82) is 0 Å². The summed E-state index contributed by atoms with van der Waals surface area (Å²) in [6.07, 6.45) is 0.830. The van der Waals surface area contributed by atoms with Crippen molar-refractivity contribution in [1.82, 2.24) is 9.88 Å². The van der Waals surface area contributed by atoms with E-state index in [1.54, 1.807) is 19.2 Å². The Kier molecular flexibility index (Phi) is 4.13. The Morgan fingerprint density at radius 1 is 1.17 bits per heavy atom. The average molecular weight is 393 g/mol. The first-order chi connectivity index (χ1) is 14.1. The molecule has 2 amide bonds. The number of aromatic amines is 1. The van der Waals surface area contributed by atoms with E-state index in [2.05, 4.69) is 4.98 Å². The largest absolute Gasteiger partial charge is 0.497 e. The van der Waals surface area contributed by atoms with E-state index < -0.39 is 11.9 Å². The molecule has 1 aromatic heterocycles. The van der Waals surface area contributed by atoms with E-state index in [9.17, 15) is 14.0 Å². The lowest BCUT2D eigenvalue weighted by Gasteiger charge is -2.30. The zero-order valence-electron chi connectivity index (χ0n) is 15.9. The molecule has 1 fully saturated rings.